The summed E-state index contributed by atoms with van der Waals surface area (Å²) in [6.45, 7) is 7.10. The average Bonchev–Trinajstić information content (AvgIpc) is 2.81. The number of amides is 3. The van der Waals surface area contributed by atoms with E-state index in [1.54, 1.807) is 12.1 Å². The van der Waals surface area contributed by atoms with Gasteiger partial charge in [-0.3, -0.25) is 4.79 Å². The van der Waals surface area contributed by atoms with E-state index in [4.69, 9.17) is 4.74 Å². The van der Waals surface area contributed by atoms with Crippen LogP contribution < -0.4 is 15.0 Å². The lowest BCUT2D eigenvalue weighted by molar-refractivity contribution is -0.119. The molecule has 0 bridgehead atoms. The molecule has 3 amide bonds. The highest BCUT2D eigenvalue weighted by atomic mass is 79.9. The van der Waals surface area contributed by atoms with E-state index in [0.717, 1.165) is 55.5 Å². The maximum absolute atomic E-state index is 12.6. The second kappa shape index (κ2) is 11.4. The number of hydrogen-bond donors (Lipinski definition) is 1. The zero-order valence-corrected chi connectivity index (χ0v) is 21.6. The molecule has 2 aromatic rings. The summed E-state index contributed by atoms with van der Waals surface area (Å²) in [6.07, 6.45) is 4.67. The Bertz CT molecular complexity index is 972. The normalized spacial score (nSPS) is 20.0. The summed E-state index contributed by atoms with van der Waals surface area (Å²) in [5.74, 6) is 1.45. The number of rotatable bonds is 8. The molecule has 0 saturated carbocycles. The summed E-state index contributed by atoms with van der Waals surface area (Å²) in [4.78, 5) is 28.9. The molecule has 2 aliphatic rings. The number of benzene rings is 2. The van der Waals surface area contributed by atoms with Crippen molar-refractivity contribution >= 4 is 33.6 Å². The first-order valence-electron chi connectivity index (χ1n) is 12.2. The number of para-hydroxylation sites is 1. The molecular weight excluding hydrogens is 494 g/mol. The van der Waals surface area contributed by atoms with Crippen LogP contribution in [0.2, 0.25) is 0 Å². The van der Waals surface area contributed by atoms with Crippen LogP contribution in [0.4, 0.5) is 10.5 Å². The van der Waals surface area contributed by atoms with E-state index < -0.39 is 0 Å². The molecule has 1 N–H and O–H groups in total. The van der Waals surface area contributed by atoms with Gasteiger partial charge in [0.2, 0.25) is 5.91 Å². The molecule has 1 unspecified atom stereocenters. The number of likely N-dealkylation sites (tertiary alicyclic amines) is 1. The zero-order valence-electron chi connectivity index (χ0n) is 20.0. The molecular formula is C27H34BrN3O3. The molecule has 4 rings (SSSR count). The van der Waals surface area contributed by atoms with E-state index >= 15 is 0 Å². The fraction of sp³-hybridized carbons (Fsp3) is 0.481. The Morgan fingerprint density at radius 3 is 2.50 bits per heavy atom. The second-order valence-corrected chi connectivity index (χ2v) is 10.5. The molecule has 2 fully saturated rings. The van der Waals surface area contributed by atoms with Crippen molar-refractivity contribution in [3.63, 3.8) is 0 Å². The highest BCUT2D eigenvalue weighted by Crippen LogP contribution is 2.29. The lowest BCUT2D eigenvalue weighted by Gasteiger charge is -2.35. The number of halogens is 1. The van der Waals surface area contributed by atoms with Gasteiger partial charge in [0.1, 0.15) is 5.75 Å². The summed E-state index contributed by atoms with van der Waals surface area (Å²) in [7, 11) is 0. The Kier molecular flexibility index (Phi) is 8.27. The summed E-state index contributed by atoms with van der Waals surface area (Å²) in [5, 5.41) is 3.02. The van der Waals surface area contributed by atoms with Crippen molar-refractivity contribution < 1.29 is 14.3 Å². The summed E-state index contributed by atoms with van der Waals surface area (Å²) < 4.78 is 7.01. The number of nitrogens with zero attached hydrogens (tertiary/aromatic N) is 2. The van der Waals surface area contributed by atoms with Crippen molar-refractivity contribution in [3.05, 3.63) is 58.6 Å². The van der Waals surface area contributed by atoms with Gasteiger partial charge in [0.15, 0.2) is 0 Å². The first-order valence-corrected chi connectivity index (χ1v) is 13.0. The van der Waals surface area contributed by atoms with Crippen LogP contribution in [-0.2, 0) is 11.2 Å². The molecule has 2 saturated heterocycles. The van der Waals surface area contributed by atoms with Crippen LogP contribution in [0.15, 0.2) is 53.0 Å². The third kappa shape index (κ3) is 6.39. The maximum atomic E-state index is 12.6. The molecule has 0 spiro atoms. The van der Waals surface area contributed by atoms with E-state index in [1.807, 2.05) is 38.1 Å². The average molecular weight is 528 g/mol. The first kappa shape index (κ1) is 24.7. The SMILES string of the molecule is CC(C)Oc1ccc(Br)c(CC2CCN(CCC3CC(=O)N(c4ccccc4)C(=O)N3)CC2)c1. The van der Waals surface area contributed by atoms with E-state index in [1.165, 1.54) is 10.5 Å². The minimum absolute atomic E-state index is 0.0997. The van der Waals surface area contributed by atoms with Gasteiger partial charge in [-0.15, -0.1) is 0 Å². The minimum Gasteiger partial charge on any atom is -0.491 e. The van der Waals surface area contributed by atoms with E-state index in [2.05, 4.69) is 38.3 Å². The third-order valence-electron chi connectivity index (χ3n) is 6.61. The van der Waals surface area contributed by atoms with Crippen molar-refractivity contribution in [2.24, 2.45) is 5.92 Å². The largest absolute Gasteiger partial charge is 0.491 e. The standard InChI is InChI=1S/C27H34BrN3O3/c1-19(2)34-24-8-9-25(28)21(17-24)16-20-10-13-30(14-11-20)15-12-22-18-26(32)31(27(33)29-22)23-6-4-3-5-7-23/h3-9,17,19-20,22H,10-16,18H2,1-2H3,(H,29,33). The molecule has 2 heterocycles. The molecule has 2 aliphatic heterocycles. The van der Waals surface area contributed by atoms with Crippen LogP contribution in [0.3, 0.4) is 0 Å². The van der Waals surface area contributed by atoms with E-state index in [-0.39, 0.29) is 24.1 Å². The topological polar surface area (TPSA) is 61.9 Å². The van der Waals surface area contributed by atoms with Crippen LogP contribution in [0.1, 0.15) is 45.1 Å². The van der Waals surface area contributed by atoms with Gasteiger partial charge in [0.25, 0.3) is 0 Å². The molecule has 2 aromatic carbocycles. The Balaban J connectivity index is 1.22. The highest BCUT2D eigenvalue weighted by molar-refractivity contribution is 9.10. The molecule has 6 nitrogen and oxygen atoms in total. The van der Waals surface area contributed by atoms with E-state index in [0.29, 0.717) is 18.0 Å². The van der Waals surface area contributed by atoms with Gasteiger partial charge in [0.05, 0.1) is 11.8 Å². The van der Waals surface area contributed by atoms with E-state index in [9.17, 15) is 9.59 Å². The fourth-order valence-corrected chi connectivity index (χ4v) is 5.24. The molecule has 0 aliphatic carbocycles. The number of ether oxygens (including phenoxy) is 1. The number of hydrogen-bond acceptors (Lipinski definition) is 4. The summed E-state index contributed by atoms with van der Waals surface area (Å²) in [6, 6.07) is 15.0. The lowest BCUT2D eigenvalue weighted by Crippen LogP contribution is -2.55. The van der Waals surface area contributed by atoms with Gasteiger partial charge < -0.3 is 15.0 Å². The zero-order chi connectivity index (χ0) is 24.1. The molecule has 0 aromatic heterocycles. The minimum atomic E-state index is -0.319. The Morgan fingerprint density at radius 2 is 1.82 bits per heavy atom. The maximum Gasteiger partial charge on any atom is 0.328 e. The van der Waals surface area contributed by atoms with Crippen molar-refractivity contribution in [2.75, 3.05) is 24.5 Å². The Hall–Kier alpha value is -2.38. The highest BCUT2D eigenvalue weighted by Gasteiger charge is 2.33. The van der Waals surface area contributed by atoms with Gasteiger partial charge in [-0.25, -0.2) is 9.69 Å². The number of piperidine rings is 1. The fourth-order valence-electron chi connectivity index (χ4n) is 4.83. The molecule has 1 atom stereocenters. The predicted molar refractivity (Wildman–Crippen MR) is 138 cm³/mol. The molecule has 0 radical (unpaired) electrons. The molecule has 7 heteroatoms. The Labute approximate surface area is 210 Å². The van der Waals surface area contributed by atoms with Gasteiger partial charge in [-0.05, 0) is 94.4 Å². The van der Waals surface area contributed by atoms with Crippen LogP contribution >= 0.6 is 15.9 Å². The van der Waals surface area contributed by atoms with Gasteiger partial charge in [-0.2, -0.15) is 0 Å². The second-order valence-electron chi connectivity index (χ2n) is 9.61. The first-order chi connectivity index (χ1) is 16.4. The van der Waals surface area contributed by atoms with Crippen LogP contribution in [-0.4, -0.2) is 48.6 Å². The van der Waals surface area contributed by atoms with Crippen molar-refractivity contribution in [1.82, 2.24) is 10.2 Å². The number of carbonyl (C=O) groups excluding carboxylic acids is 2. The van der Waals surface area contributed by atoms with Crippen LogP contribution in [0.5, 0.6) is 5.75 Å². The summed E-state index contributed by atoms with van der Waals surface area (Å²) >= 11 is 3.70. The van der Waals surface area contributed by atoms with Crippen molar-refractivity contribution in [1.29, 1.82) is 0 Å². The summed E-state index contributed by atoms with van der Waals surface area (Å²) in [5.41, 5.74) is 1.93. The number of anilines is 1. The molecule has 34 heavy (non-hydrogen) atoms. The third-order valence-corrected chi connectivity index (χ3v) is 7.39. The van der Waals surface area contributed by atoms with Crippen LogP contribution in [0, 0.1) is 5.92 Å². The number of urea groups is 1. The lowest BCUT2D eigenvalue weighted by atomic mass is 9.90. The number of imide groups is 1. The van der Waals surface area contributed by atoms with Crippen molar-refractivity contribution in [3.8, 4) is 5.75 Å². The molecule has 182 valence electrons. The predicted octanol–water partition coefficient (Wildman–Crippen LogP) is 5.40. The van der Waals surface area contributed by atoms with Crippen molar-refractivity contribution in [2.45, 2.75) is 58.1 Å². The quantitative estimate of drug-likeness (QED) is 0.499. The smallest absolute Gasteiger partial charge is 0.328 e. The number of nitrogens with one attached hydrogen (secondary N) is 1. The van der Waals surface area contributed by atoms with Crippen LogP contribution in [0.25, 0.3) is 0 Å². The van der Waals surface area contributed by atoms with Gasteiger partial charge in [-0.1, -0.05) is 34.1 Å². The van der Waals surface area contributed by atoms with Gasteiger partial charge in [0, 0.05) is 23.5 Å². The van der Waals surface area contributed by atoms with Gasteiger partial charge >= 0.3 is 6.03 Å². The Morgan fingerprint density at radius 1 is 1.09 bits per heavy atom. The number of carbonyl (C=O) groups is 2. The monoisotopic (exact) mass is 527 g/mol.